The van der Waals surface area contributed by atoms with Crippen LogP contribution >= 0.6 is 0 Å². The molecule has 1 saturated carbocycles. The van der Waals surface area contributed by atoms with E-state index in [-0.39, 0.29) is 35.8 Å². The number of hydrogen-bond acceptors (Lipinski definition) is 5. The van der Waals surface area contributed by atoms with E-state index < -0.39 is 5.41 Å². The molecule has 1 aromatic heterocycles. The van der Waals surface area contributed by atoms with Crippen molar-refractivity contribution in [2.24, 2.45) is 23.2 Å². The first-order valence-corrected chi connectivity index (χ1v) is 9.58. The van der Waals surface area contributed by atoms with Crippen molar-refractivity contribution in [1.29, 1.82) is 0 Å². The number of fused-ring (bicyclic) bond motifs is 2. The molecular formula is C21H30O5. The van der Waals surface area contributed by atoms with Gasteiger partial charge in [0, 0.05) is 36.3 Å². The Hall–Kier alpha value is -1.62. The summed E-state index contributed by atoms with van der Waals surface area (Å²) in [6.45, 7) is 12.4. The zero-order valence-electron chi connectivity index (χ0n) is 16.6. The second-order valence-corrected chi connectivity index (χ2v) is 8.57. The van der Waals surface area contributed by atoms with Gasteiger partial charge in [-0.2, -0.15) is 0 Å². The number of Topliss-reactive ketones (excluding diaryl/α,β-unsaturated/α-hetero) is 1. The minimum atomic E-state index is -0.439. The summed E-state index contributed by atoms with van der Waals surface area (Å²) in [6, 6.07) is 0. The number of aryl methyl sites for hydroxylation is 1. The number of esters is 1. The first-order chi connectivity index (χ1) is 12.2. The Bertz CT molecular complexity index is 703. The monoisotopic (exact) mass is 362 g/mol. The summed E-state index contributed by atoms with van der Waals surface area (Å²) in [5, 5.41) is 0. The second-order valence-electron chi connectivity index (χ2n) is 8.57. The van der Waals surface area contributed by atoms with Crippen LogP contribution in [-0.2, 0) is 14.3 Å². The van der Waals surface area contributed by atoms with Crippen molar-refractivity contribution in [3.63, 3.8) is 0 Å². The molecule has 5 atom stereocenters. The number of ether oxygens (including phenoxy) is 2. The van der Waals surface area contributed by atoms with E-state index in [1.807, 2.05) is 6.92 Å². The predicted octanol–water partition coefficient (Wildman–Crippen LogP) is 4.48. The van der Waals surface area contributed by atoms with Gasteiger partial charge in [0.05, 0.1) is 12.4 Å². The Morgan fingerprint density at radius 3 is 2.69 bits per heavy atom. The fraction of sp³-hybridized carbons (Fsp3) is 0.714. The van der Waals surface area contributed by atoms with E-state index in [9.17, 15) is 9.59 Å². The molecule has 2 aliphatic rings. The molecule has 0 amide bonds. The smallest absolute Gasteiger partial charge is 0.302 e. The van der Waals surface area contributed by atoms with Gasteiger partial charge in [-0.15, -0.1) is 0 Å². The molecule has 0 radical (unpaired) electrons. The van der Waals surface area contributed by atoms with Crippen molar-refractivity contribution in [3.05, 3.63) is 23.2 Å². The van der Waals surface area contributed by atoms with Crippen molar-refractivity contribution < 1.29 is 23.5 Å². The van der Waals surface area contributed by atoms with Crippen molar-refractivity contribution in [3.8, 4) is 0 Å². The van der Waals surface area contributed by atoms with E-state index in [0.717, 1.165) is 11.1 Å². The Morgan fingerprint density at radius 1 is 1.38 bits per heavy atom. The van der Waals surface area contributed by atoms with Crippen molar-refractivity contribution >= 4 is 11.8 Å². The quantitative estimate of drug-likeness (QED) is 0.739. The van der Waals surface area contributed by atoms with E-state index in [1.165, 1.54) is 6.92 Å². The van der Waals surface area contributed by atoms with Crippen LogP contribution in [0.1, 0.15) is 75.2 Å². The van der Waals surface area contributed by atoms with E-state index in [2.05, 4.69) is 27.7 Å². The Balaban J connectivity index is 2.07. The molecule has 0 N–H and O–H groups in total. The van der Waals surface area contributed by atoms with Gasteiger partial charge in [0.1, 0.15) is 6.10 Å². The van der Waals surface area contributed by atoms with Gasteiger partial charge in [0.25, 0.3) is 0 Å². The van der Waals surface area contributed by atoms with Gasteiger partial charge in [-0.05, 0) is 31.2 Å². The third-order valence-electron chi connectivity index (χ3n) is 6.33. The highest BCUT2D eigenvalue weighted by Gasteiger charge is 2.60. The average Bonchev–Trinajstić information content (AvgIpc) is 2.93. The van der Waals surface area contributed by atoms with E-state index in [0.29, 0.717) is 31.1 Å². The van der Waals surface area contributed by atoms with Crippen LogP contribution in [0.5, 0.6) is 0 Å². The molecule has 0 aromatic carbocycles. The highest BCUT2D eigenvalue weighted by atomic mass is 16.5. The molecule has 5 nitrogen and oxygen atoms in total. The fourth-order valence-corrected chi connectivity index (χ4v) is 4.81. The summed E-state index contributed by atoms with van der Waals surface area (Å²) < 4.78 is 17.6. The van der Waals surface area contributed by atoms with Crippen LogP contribution in [0.3, 0.4) is 0 Å². The lowest BCUT2D eigenvalue weighted by atomic mass is 9.53. The zero-order valence-corrected chi connectivity index (χ0v) is 16.6. The molecule has 1 heterocycles. The molecule has 3 rings (SSSR count). The zero-order chi connectivity index (χ0) is 19.2. The molecule has 0 bridgehead atoms. The molecular weight excluding hydrogens is 332 g/mol. The molecule has 0 saturated heterocycles. The first-order valence-electron chi connectivity index (χ1n) is 9.58. The fourth-order valence-electron chi connectivity index (χ4n) is 4.81. The lowest BCUT2D eigenvalue weighted by Crippen LogP contribution is -2.55. The summed E-state index contributed by atoms with van der Waals surface area (Å²) in [7, 11) is 0. The number of rotatable bonds is 4. The lowest BCUT2D eigenvalue weighted by molar-refractivity contribution is -0.172. The van der Waals surface area contributed by atoms with Crippen LogP contribution < -0.4 is 0 Å². The average molecular weight is 362 g/mol. The predicted molar refractivity (Wildman–Crippen MR) is 96.9 cm³/mol. The maximum atomic E-state index is 13.2. The van der Waals surface area contributed by atoms with Crippen LogP contribution in [0.15, 0.2) is 10.7 Å². The van der Waals surface area contributed by atoms with Crippen LogP contribution in [0.4, 0.5) is 0 Å². The minimum absolute atomic E-state index is 0.00807. The van der Waals surface area contributed by atoms with Gasteiger partial charge in [-0.1, -0.05) is 27.7 Å². The van der Waals surface area contributed by atoms with Crippen molar-refractivity contribution in [2.75, 3.05) is 6.61 Å². The molecule has 1 fully saturated rings. The number of carbonyl (C=O) groups is 2. The van der Waals surface area contributed by atoms with Gasteiger partial charge in [0.15, 0.2) is 5.76 Å². The van der Waals surface area contributed by atoms with Crippen molar-refractivity contribution in [2.45, 2.75) is 66.6 Å². The SMILES string of the molecule is CC(=O)O[C@H]1CC[C@H]2C(=O)c3occ(C)c3[C@@H](OCC(C)C)[C@]2(C)[C@H]1C. The standard InChI is InChI=1S/C21H30O5/c1-11(2)9-25-20-17-12(3)10-24-19(17)18(23)15-7-8-16(26-14(5)22)13(4)21(15,20)6/h10-11,13,15-16,20H,7-9H2,1-6H3/t13-,15-,16-,20+,21+/m0/s1. The Morgan fingerprint density at radius 2 is 2.08 bits per heavy atom. The maximum absolute atomic E-state index is 13.2. The molecule has 144 valence electrons. The summed E-state index contributed by atoms with van der Waals surface area (Å²) in [4.78, 5) is 24.7. The molecule has 2 aliphatic carbocycles. The highest BCUT2D eigenvalue weighted by molar-refractivity contribution is 5.99. The van der Waals surface area contributed by atoms with Gasteiger partial charge < -0.3 is 13.9 Å². The van der Waals surface area contributed by atoms with Gasteiger partial charge in [-0.3, -0.25) is 9.59 Å². The van der Waals surface area contributed by atoms with E-state index in [4.69, 9.17) is 13.9 Å². The Labute approximate surface area is 155 Å². The van der Waals surface area contributed by atoms with Crippen molar-refractivity contribution in [1.82, 2.24) is 0 Å². The van der Waals surface area contributed by atoms with Crippen LogP contribution in [0, 0.1) is 30.1 Å². The molecule has 5 heteroatoms. The summed E-state index contributed by atoms with van der Waals surface area (Å²) >= 11 is 0. The van der Waals surface area contributed by atoms with Crippen LogP contribution in [-0.4, -0.2) is 24.5 Å². The van der Waals surface area contributed by atoms with Gasteiger partial charge in [0.2, 0.25) is 5.78 Å². The summed E-state index contributed by atoms with van der Waals surface area (Å²) in [6.07, 6.45) is 2.59. The highest BCUT2D eigenvalue weighted by Crippen LogP contribution is 2.59. The van der Waals surface area contributed by atoms with Crippen LogP contribution in [0.25, 0.3) is 0 Å². The summed E-state index contributed by atoms with van der Waals surface area (Å²) in [5.41, 5.74) is 1.39. The number of carbonyl (C=O) groups excluding carboxylic acids is 2. The largest absolute Gasteiger partial charge is 0.462 e. The normalized spacial score (nSPS) is 33.7. The first kappa shape index (κ1) is 19.2. The molecule has 0 aliphatic heterocycles. The third-order valence-corrected chi connectivity index (χ3v) is 6.33. The minimum Gasteiger partial charge on any atom is -0.462 e. The number of furan rings is 1. The number of hydrogen-bond donors (Lipinski definition) is 0. The summed E-state index contributed by atoms with van der Waals surface area (Å²) in [5.74, 6) is 0.456. The van der Waals surface area contributed by atoms with Crippen LogP contribution in [0.2, 0.25) is 0 Å². The third kappa shape index (κ3) is 2.90. The lowest BCUT2D eigenvalue weighted by Gasteiger charge is -2.54. The van der Waals surface area contributed by atoms with E-state index in [1.54, 1.807) is 6.26 Å². The molecule has 0 spiro atoms. The van der Waals surface area contributed by atoms with Gasteiger partial charge in [-0.25, -0.2) is 0 Å². The van der Waals surface area contributed by atoms with E-state index >= 15 is 0 Å². The maximum Gasteiger partial charge on any atom is 0.302 e. The molecule has 26 heavy (non-hydrogen) atoms. The number of ketones is 1. The Kier molecular flexibility index (Phi) is 5.04. The second kappa shape index (κ2) is 6.84. The molecule has 1 aromatic rings. The topological polar surface area (TPSA) is 65.7 Å². The molecule has 0 unspecified atom stereocenters. The van der Waals surface area contributed by atoms with Gasteiger partial charge >= 0.3 is 5.97 Å².